The van der Waals surface area contributed by atoms with Gasteiger partial charge in [0.25, 0.3) is 0 Å². The van der Waals surface area contributed by atoms with E-state index < -0.39 is 35.8 Å². The summed E-state index contributed by atoms with van der Waals surface area (Å²) in [5.74, 6) is -1.53. The second-order valence-corrected chi connectivity index (χ2v) is 5.67. The Morgan fingerprint density at radius 3 is 2.42 bits per heavy atom. The smallest absolute Gasteiger partial charge is 0.325 e. The van der Waals surface area contributed by atoms with Crippen LogP contribution in [0.1, 0.15) is 6.42 Å². The minimum atomic E-state index is -1.01. The van der Waals surface area contributed by atoms with E-state index in [2.05, 4.69) is 27.3 Å². The van der Waals surface area contributed by atoms with Gasteiger partial charge in [0.15, 0.2) is 0 Å². The van der Waals surface area contributed by atoms with E-state index in [1.165, 1.54) is 13.2 Å². The molecule has 0 saturated heterocycles. The Morgan fingerprint density at radius 1 is 1.21 bits per heavy atom. The first-order valence-electron chi connectivity index (χ1n) is 7.14. The normalized spacial score (nSPS) is 12.5. The average molecular weight is 360 g/mol. The van der Waals surface area contributed by atoms with E-state index >= 15 is 0 Å². The molecule has 0 saturated carbocycles. The number of methoxy groups -OCH3 is 1. The summed E-state index contributed by atoms with van der Waals surface area (Å²) < 4.78 is 4.36. The molecule has 0 heterocycles. The lowest BCUT2D eigenvalue weighted by Crippen LogP contribution is -2.52. The monoisotopic (exact) mass is 360 g/mol. The molecule has 24 heavy (non-hydrogen) atoms. The van der Waals surface area contributed by atoms with Gasteiger partial charge in [-0.3, -0.25) is 19.2 Å². The predicted molar refractivity (Wildman–Crippen MR) is 91.1 cm³/mol. The third-order valence-corrected chi connectivity index (χ3v) is 3.51. The van der Waals surface area contributed by atoms with Crippen molar-refractivity contribution in [3.8, 4) is 0 Å². The lowest BCUT2D eigenvalue weighted by molar-refractivity contribution is -0.141. The predicted octanol–water partition coefficient (Wildman–Crippen LogP) is -1.86. The summed E-state index contributed by atoms with van der Waals surface area (Å²) in [5.41, 5.74) is 5.71. The third-order valence-electron chi connectivity index (χ3n) is 2.87. The molecule has 0 spiro atoms. The van der Waals surface area contributed by atoms with Gasteiger partial charge in [0.2, 0.25) is 17.7 Å². The Labute approximate surface area is 145 Å². The first kappa shape index (κ1) is 21.9. The number of nitrogens with two attached hydrogens (primary N) is 1. The number of nitrogens with one attached hydrogen (secondary N) is 3. The van der Waals surface area contributed by atoms with Crippen LogP contribution < -0.4 is 21.7 Å². The number of thioether (sulfide) groups is 1. The molecule has 0 aromatic rings. The second kappa shape index (κ2) is 12.4. The van der Waals surface area contributed by atoms with E-state index in [1.54, 1.807) is 11.8 Å². The summed E-state index contributed by atoms with van der Waals surface area (Å²) in [5, 5.41) is 7.04. The maximum atomic E-state index is 11.9. The molecular formula is C14H24N4O5S. The summed E-state index contributed by atoms with van der Waals surface area (Å²) in [6.45, 7) is 2.82. The quantitative estimate of drug-likeness (QED) is 0.250. The summed E-state index contributed by atoms with van der Waals surface area (Å²) >= 11 is 1.56. The van der Waals surface area contributed by atoms with Crippen molar-refractivity contribution < 1.29 is 23.9 Å². The van der Waals surface area contributed by atoms with Crippen molar-refractivity contribution in [2.45, 2.75) is 18.5 Å². The molecule has 2 atom stereocenters. The molecule has 0 radical (unpaired) electrons. The van der Waals surface area contributed by atoms with Crippen LogP contribution in [0.15, 0.2) is 12.7 Å². The van der Waals surface area contributed by atoms with Gasteiger partial charge in [-0.2, -0.15) is 11.8 Å². The van der Waals surface area contributed by atoms with Crippen LogP contribution in [0.5, 0.6) is 0 Å². The van der Waals surface area contributed by atoms with E-state index in [9.17, 15) is 19.2 Å². The highest BCUT2D eigenvalue weighted by atomic mass is 32.2. The van der Waals surface area contributed by atoms with Crippen molar-refractivity contribution in [1.82, 2.24) is 16.0 Å². The van der Waals surface area contributed by atoms with Crippen LogP contribution in [-0.4, -0.2) is 68.0 Å². The Kier molecular flexibility index (Phi) is 11.3. The lowest BCUT2D eigenvalue weighted by Gasteiger charge is -2.17. The number of amides is 3. The molecule has 3 amide bonds. The fourth-order valence-electron chi connectivity index (χ4n) is 1.45. The van der Waals surface area contributed by atoms with E-state index in [1.807, 2.05) is 6.26 Å². The molecule has 0 rings (SSSR count). The topological polar surface area (TPSA) is 140 Å². The third kappa shape index (κ3) is 9.16. The number of rotatable bonds is 11. The average Bonchev–Trinajstić information content (AvgIpc) is 2.59. The highest BCUT2D eigenvalue weighted by Crippen LogP contribution is 1.99. The van der Waals surface area contributed by atoms with Crippen molar-refractivity contribution in [2.24, 2.45) is 5.73 Å². The van der Waals surface area contributed by atoms with Crippen LogP contribution in [-0.2, 0) is 23.9 Å². The van der Waals surface area contributed by atoms with Gasteiger partial charge in [0.1, 0.15) is 12.6 Å². The molecule has 9 nitrogen and oxygen atoms in total. The Morgan fingerprint density at radius 2 is 1.88 bits per heavy atom. The van der Waals surface area contributed by atoms with Gasteiger partial charge >= 0.3 is 5.97 Å². The standard InChI is InChI=1S/C14H24N4O5S/c1-4-10(18-13(21)9(15)5-6-24-3)14(22)17-7-11(19)16-8-12(20)23-2/h4,9-10H,1,5-8,15H2,2-3H3,(H,16,19)(H,17,22)(H,18,21)/t9-,10-/m0/s1. The van der Waals surface area contributed by atoms with Crippen LogP contribution in [0.25, 0.3) is 0 Å². The zero-order valence-corrected chi connectivity index (χ0v) is 14.6. The number of hydrogen-bond acceptors (Lipinski definition) is 7. The molecule has 0 aromatic heterocycles. The van der Waals surface area contributed by atoms with Crippen LogP contribution in [0.4, 0.5) is 0 Å². The highest BCUT2D eigenvalue weighted by molar-refractivity contribution is 7.98. The molecule has 5 N–H and O–H groups in total. The Balaban J connectivity index is 4.29. The number of hydrogen-bond donors (Lipinski definition) is 4. The van der Waals surface area contributed by atoms with E-state index in [-0.39, 0.29) is 13.1 Å². The zero-order chi connectivity index (χ0) is 18.5. The fourth-order valence-corrected chi connectivity index (χ4v) is 1.94. The summed E-state index contributed by atoms with van der Waals surface area (Å²) in [6, 6.07) is -1.73. The molecule has 0 aliphatic carbocycles. The molecule has 0 aliphatic heterocycles. The summed E-state index contributed by atoms with van der Waals surface area (Å²) in [7, 11) is 1.19. The van der Waals surface area contributed by atoms with Crippen LogP contribution in [0, 0.1) is 0 Å². The van der Waals surface area contributed by atoms with Gasteiger partial charge in [-0.15, -0.1) is 6.58 Å². The molecule has 0 bridgehead atoms. The summed E-state index contributed by atoms with van der Waals surface area (Å²) in [4.78, 5) is 46.1. The minimum absolute atomic E-state index is 0.295. The van der Waals surface area contributed by atoms with Crippen molar-refractivity contribution in [2.75, 3.05) is 32.2 Å². The molecule has 0 aromatic carbocycles. The first-order valence-corrected chi connectivity index (χ1v) is 8.53. The lowest BCUT2D eigenvalue weighted by atomic mass is 10.2. The molecule has 0 unspecified atom stereocenters. The largest absolute Gasteiger partial charge is 0.468 e. The maximum Gasteiger partial charge on any atom is 0.325 e. The zero-order valence-electron chi connectivity index (χ0n) is 13.8. The van der Waals surface area contributed by atoms with Gasteiger partial charge in [-0.25, -0.2) is 0 Å². The van der Waals surface area contributed by atoms with Crippen molar-refractivity contribution in [3.05, 3.63) is 12.7 Å². The summed E-state index contributed by atoms with van der Waals surface area (Å²) in [6.07, 6.45) is 3.62. The molecule has 0 aliphatic rings. The van der Waals surface area contributed by atoms with E-state index in [4.69, 9.17) is 5.73 Å². The maximum absolute atomic E-state index is 11.9. The fraction of sp³-hybridized carbons (Fsp3) is 0.571. The molecular weight excluding hydrogens is 336 g/mol. The van der Waals surface area contributed by atoms with Crippen LogP contribution in [0.2, 0.25) is 0 Å². The number of ether oxygens (including phenoxy) is 1. The molecule has 10 heteroatoms. The van der Waals surface area contributed by atoms with Gasteiger partial charge in [0.05, 0.1) is 19.7 Å². The van der Waals surface area contributed by atoms with Crippen molar-refractivity contribution >= 4 is 35.5 Å². The van der Waals surface area contributed by atoms with Crippen LogP contribution in [0.3, 0.4) is 0 Å². The molecule has 0 fully saturated rings. The Hall–Kier alpha value is -2.07. The van der Waals surface area contributed by atoms with Gasteiger partial charge < -0.3 is 26.4 Å². The van der Waals surface area contributed by atoms with Gasteiger partial charge in [0, 0.05) is 0 Å². The van der Waals surface area contributed by atoms with Gasteiger partial charge in [-0.05, 0) is 18.4 Å². The second-order valence-electron chi connectivity index (χ2n) is 4.68. The number of carbonyl (C=O) groups is 4. The first-order chi connectivity index (χ1) is 11.3. The molecule has 136 valence electrons. The minimum Gasteiger partial charge on any atom is -0.468 e. The van der Waals surface area contributed by atoms with Crippen molar-refractivity contribution in [1.29, 1.82) is 0 Å². The van der Waals surface area contributed by atoms with Gasteiger partial charge in [-0.1, -0.05) is 6.08 Å². The Bertz CT molecular complexity index is 472. The van der Waals surface area contributed by atoms with Crippen molar-refractivity contribution in [3.63, 3.8) is 0 Å². The highest BCUT2D eigenvalue weighted by Gasteiger charge is 2.21. The van der Waals surface area contributed by atoms with Crippen LogP contribution >= 0.6 is 11.8 Å². The van der Waals surface area contributed by atoms with E-state index in [0.29, 0.717) is 6.42 Å². The van der Waals surface area contributed by atoms with E-state index in [0.717, 1.165) is 5.75 Å². The number of carbonyl (C=O) groups excluding carboxylic acids is 4. The number of esters is 1. The SMILES string of the molecule is C=C[C@H](NC(=O)[C@@H](N)CCSC)C(=O)NCC(=O)NCC(=O)OC.